The molecule has 2 aromatic rings. The van der Waals surface area contributed by atoms with Gasteiger partial charge in [0.15, 0.2) is 0 Å². The molecule has 1 N–H and O–H groups in total. The lowest BCUT2D eigenvalue weighted by Crippen LogP contribution is -2.38. The molecule has 1 aliphatic rings. The van der Waals surface area contributed by atoms with Crippen LogP contribution in [0.2, 0.25) is 0 Å². The quantitative estimate of drug-likeness (QED) is 0.571. The van der Waals surface area contributed by atoms with E-state index in [9.17, 15) is 9.59 Å². The lowest BCUT2D eigenvalue weighted by Gasteiger charge is -2.33. The number of anilines is 1. The van der Waals surface area contributed by atoms with Crippen LogP contribution < -0.4 is 5.32 Å². The smallest absolute Gasteiger partial charge is 0.254 e. The van der Waals surface area contributed by atoms with Crippen molar-refractivity contribution < 1.29 is 9.59 Å². The van der Waals surface area contributed by atoms with Gasteiger partial charge in [-0.3, -0.25) is 9.59 Å². The summed E-state index contributed by atoms with van der Waals surface area (Å²) in [6, 6.07) is 13.8. The van der Waals surface area contributed by atoms with Crippen LogP contribution in [-0.2, 0) is 4.79 Å². The molecule has 1 aliphatic heterocycles. The van der Waals surface area contributed by atoms with Crippen molar-refractivity contribution in [3.8, 4) is 6.07 Å². The summed E-state index contributed by atoms with van der Waals surface area (Å²) in [7, 11) is 0. The van der Waals surface area contributed by atoms with Crippen molar-refractivity contribution in [2.45, 2.75) is 65.7 Å². The van der Waals surface area contributed by atoms with Gasteiger partial charge in [-0.2, -0.15) is 5.26 Å². The SMILES string of the molecule is Cc1cc(C)c(C(=O)N2CCC(c3ccc(C#N)cc3)CC2)cc1NC(=O)CCCC(C)C. The summed E-state index contributed by atoms with van der Waals surface area (Å²) < 4.78 is 0. The zero-order chi connectivity index (χ0) is 24.0. The average Bonchev–Trinajstić information content (AvgIpc) is 2.80. The molecule has 0 spiro atoms. The van der Waals surface area contributed by atoms with Crippen LogP contribution in [-0.4, -0.2) is 29.8 Å². The second-order valence-corrected chi connectivity index (χ2v) is 9.62. The van der Waals surface area contributed by atoms with Crippen LogP contribution in [0.3, 0.4) is 0 Å². The number of hydrogen-bond acceptors (Lipinski definition) is 3. The molecule has 2 aromatic carbocycles. The van der Waals surface area contributed by atoms with Crippen LogP contribution in [0, 0.1) is 31.1 Å². The van der Waals surface area contributed by atoms with Crippen LogP contribution in [0.4, 0.5) is 5.69 Å². The summed E-state index contributed by atoms with van der Waals surface area (Å²) in [5, 5.41) is 12.0. The zero-order valence-corrected chi connectivity index (χ0v) is 20.3. The minimum absolute atomic E-state index is 0.00392. The van der Waals surface area contributed by atoms with E-state index in [1.807, 2.05) is 55.1 Å². The molecule has 2 amide bonds. The first-order chi connectivity index (χ1) is 15.8. The topological polar surface area (TPSA) is 73.2 Å². The third-order valence-electron chi connectivity index (χ3n) is 6.55. The number of nitrogens with zero attached hydrogens (tertiary/aromatic N) is 2. The molecule has 5 heteroatoms. The van der Waals surface area contributed by atoms with E-state index in [1.165, 1.54) is 5.56 Å². The monoisotopic (exact) mass is 445 g/mol. The Bertz CT molecular complexity index is 1030. The number of piperidine rings is 1. The highest BCUT2D eigenvalue weighted by molar-refractivity contribution is 5.99. The molecule has 1 heterocycles. The molecule has 3 rings (SSSR count). The van der Waals surface area contributed by atoms with Gasteiger partial charge in [0.1, 0.15) is 0 Å². The van der Waals surface area contributed by atoms with E-state index in [-0.39, 0.29) is 11.8 Å². The molecule has 174 valence electrons. The first kappa shape index (κ1) is 24.5. The minimum atomic E-state index is 0.00392. The summed E-state index contributed by atoms with van der Waals surface area (Å²) in [5.74, 6) is 1.02. The normalized spacial score (nSPS) is 14.2. The lowest BCUT2D eigenvalue weighted by atomic mass is 9.88. The van der Waals surface area contributed by atoms with Crippen molar-refractivity contribution in [2.75, 3.05) is 18.4 Å². The lowest BCUT2D eigenvalue weighted by molar-refractivity contribution is -0.116. The third kappa shape index (κ3) is 6.44. The van der Waals surface area contributed by atoms with Gasteiger partial charge in [0.25, 0.3) is 5.91 Å². The third-order valence-corrected chi connectivity index (χ3v) is 6.55. The fraction of sp³-hybridized carbons (Fsp3) is 0.464. The number of benzene rings is 2. The molecular formula is C28H35N3O2. The first-order valence-electron chi connectivity index (χ1n) is 12.0. The molecular weight excluding hydrogens is 410 g/mol. The minimum Gasteiger partial charge on any atom is -0.339 e. The molecule has 0 aromatic heterocycles. The Morgan fingerprint density at radius 3 is 2.36 bits per heavy atom. The van der Waals surface area contributed by atoms with Crippen LogP contribution in [0.1, 0.15) is 84.5 Å². The second-order valence-electron chi connectivity index (χ2n) is 9.62. The number of rotatable bonds is 7. The van der Waals surface area contributed by atoms with E-state index >= 15 is 0 Å². The Kier molecular flexibility index (Phi) is 8.27. The number of carbonyl (C=O) groups is 2. The molecule has 1 fully saturated rings. The van der Waals surface area contributed by atoms with Crippen LogP contribution in [0.15, 0.2) is 36.4 Å². The van der Waals surface area contributed by atoms with Gasteiger partial charge in [-0.1, -0.05) is 38.5 Å². The van der Waals surface area contributed by atoms with Crippen LogP contribution >= 0.6 is 0 Å². The Morgan fingerprint density at radius 2 is 1.76 bits per heavy atom. The Balaban J connectivity index is 1.64. The van der Waals surface area contributed by atoms with E-state index in [4.69, 9.17) is 5.26 Å². The van der Waals surface area contributed by atoms with Gasteiger partial charge in [-0.25, -0.2) is 0 Å². The largest absolute Gasteiger partial charge is 0.339 e. The number of amides is 2. The molecule has 0 bridgehead atoms. The molecule has 1 saturated heterocycles. The molecule has 0 aliphatic carbocycles. The number of nitrogens with one attached hydrogen (secondary N) is 1. The zero-order valence-electron chi connectivity index (χ0n) is 20.3. The van der Waals surface area contributed by atoms with Gasteiger partial charge >= 0.3 is 0 Å². The number of hydrogen-bond donors (Lipinski definition) is 1. The van der Waals surface area contributed by atoms with Gasteiger partial charge in [0.2, 0.25) is 5.91 Å². The van der Waals surface area contributed by atoms with Crippen molar-refractivity contribution in [2.24, 2.45) is 5.92 Å². The van der Waals surface area contributed by atoms with E-state index < -0.39 is 0 Å². The average molecular weight is 446 g/mol. The highest BCUT2D eigenvalue weighted by Crippen LogP contribution is 2.30. The maximum atomic E-state index is 13.3. The summed E-state index contributed by atoms with van der Waals surface area (Å²) >= 11 is 0. The predicted octanol–water partition coefficient (Wildman–Crippen LogP) is 5.96. The fourth-order valence-electron chi connectivity index (χ4n) is 4.52. The Hall–Kier alpha value is -3.13. The highest BCUT2D eigenvalue weighted by Gasteiger charge is 2.26. The molecule has 5 nitrogen and oxygen atoms in total. The second kappa shape index (κ2) is 11.1. The Labute approximate surface area is 197 Å². The van der Waals surface area contributed by atoms with E-state index in [0.717, 1.165) is 42.5 Å². The first-order valence-corrected chi connectivity index (χ1v) is 12.0. The van der Waals surface area contributed by atoms with E-state index in [2.05, 4.69) is 25.2 Å². The molecule has 0 saturated carbocycles. The van der Waals surface area contributed by atoms with Gasteiger partial charge < -0.3 is 10.2 Å². The number of likely N-dealkylation sites (tertiary alicyclic amines) is 1. The van der Waals surface area contributed by atoms with Crippen LogP contribution in [0.5, 0.6) is 0 Å². The van der Waals surface area contributed by atoms with Crippen molar-refractivity contribution in [1.82, 2.24) is 4.90 Å². The summed E-state index contributed by atoms with van der Waals surface area (Å²) in [6.07, 6.45) is 4.21. The van der Waals surface area contributed by atoms with E-state index in [1.54, 1.807) is 0 Å². The number of aryl methyl sites for hydroxylation is 2. The van der Waals surface area contributed by atoms with Crippen LogP contribution in [0.25, 0.3) is 0 Å². The van der Waals surface area contributed by atoms with Crippen molar-refractivity contribution in [3.05, 3.63) is 64.2 Å². The van der Waals surface area contributed by atoms with Crippen molar-refractivity contribution in [1.29, 1.82) is 5.26 Å². The summed E-state index contributed by atoms with van der Waals surface area (Å²) in [4.78, 5) is 27.6. The molecule has 33 heavy (non-hydrogen) atoms. The highest BCUT2D eigenvalue weighted by atomic mass is 16.2. The maximum absolute atomic E-state index is 13.3. The molecule has 0 atom stereocenters. The van der Waals surface area contributed by atoms with Crippen molar-refractivity contribution in [3.63, 3.8) is 0 Å². The van der Waals surface area contributed by atoms with E-state index in [0.29, 0.717) is 42.5 Å². The Morgan fingerprint density at radius 1 is 1.09 bits per heavy atom. The number of carbonyl (C=O) groups excluding carboxylic acids is 2. The summed E-state index contributed by atoms with van der Waals surface area (Å²) in [5.41, 5.74) is 5.20. The fourth-order valence-corrected chi connectivity index (χ4v) is 4.52. The van der Waals surface area contributed by atoms with Gasteiger partial charge in [-0.15, -0.1) is 0 Å². The predicted molar refractivity (Wildman–Crippen MR) is 132 cm³/mol. The maximum Gasteiger partial charge on any atom is 0.254 e. The summed E-state index contributed by atoms with van der Waals surface area (Å²) in [6.45, 7) is 9.65. The number of nitriles is 1. The molecule has 0 unspecified atom stereocenters. The molecule has 0 radical (unpaired) electrons. The van der Waals surface area contributed by atoms with Gasteiger partial charge in [0.05, 0.1) is 11.6 Å². The van der Waals surface area contributed by atoms with Gasteiger partial charge in [0, 0.05) is 30.8 Å². The van der Waals surface area contributed by atoms with Crippen molar-refractivity contribution >= 4 is 17.5 Å². The standard InChI is InChI=1S/C28H35N3O2/c1-19(2)6-5-7-27(32)30-26-17-25(20(3)16-21(26)4)28(33)31-14-12-24(13-15-31)23-10-8-22(18-29)9-11-23/h8-11,16-17,19,24H,5-7,12-15H2,1-4H3,(H,30,32). The van der Waals surface area contributed by atoms with Gasteiger partial charge in [-0.05, 0) is 79.8 Å².